The van der Waals surface area contributed by atoms with Gasteiger partial charge in [-0.25, -0.2) is 0 Å². The smallest absolute Gasteiger partial charge is 0.305 e. The fourth-order valence-corrected chi connectivity index (χ4v) is 7.08. The summed E-state index contributed by atoms with van der Waals surface area (Å²) < 4.78 is 5.45. The first-order valence-electron chi connectivity index (χ1n) is 23.6. The van der Waals surface area contributed by atoms with Crippen LogP contribution in [0.3, 0.4) is 0 Å². The molecule has 2 unspecified atom stereocenters. The molecule has 6 nitrogen and oxygen atoms in total. The molecule has 3 N–H and O–H groups in total. The van der Waals surface area contributed by atoms with Crippen molar-refractivity contribution in [2.45, 2.75) is 257 Å². The van der Waals surface area contributed by atoms with E-state index in [4.69, 9.17) is 4.74 Å². The first kappa shape index (κ1) is 52.3. The monoisotopic (exact) mass is 762 g/mol. The van der Waals surface area contributed by atoms with E-state index in [1.165, 1.54) is 148 Å². The van der Waals surface area contributed by atoms with Crippen molar-refractivity contribution in [1.82, 2.24) is 5.32 Å². The lowest BCUT2D eigenvalue weighted by molar-refractivity contribution is -0.143. The highest BCUT2D eigenvalue weighted by Crippen LogP contribution is 2.15. The highest BCUT2D eigenvalue weighted by Gasteiger charge is 2.20. The molecule has 0 rings (SSSR count). The van der Waals surface area contributed by atoms with Gasteiger partial charge in [0.25, 0.3) is 0 Å². The SMILES string of the molecule is CCCCC/C=C\C/C=C\CCCCCCCCCC(=O)OCCCCCCCCCCCCC(=O)NC(CO)C(O)CCCCCCCCCCCC. The average Bonchev–Trinajstić information content (AvgIpc) is 3.17. The third-order valence-electron chi connectivity index (χ3n) is 10.8. The van der Waals surface area contributed by atoms with Crippen LogP contribution >= 0.6 is 0 Å². The minimum absolute atomic E-state index is 0.0273. The molecular weight excluding hydrogens is 671 g/mol. The van der Waals surface area contributed by atoms with Crippen LogP contribution in [0.2, 0.25) is 0 Å². The Morgan fingerprint density at radius 2 is 0.926 bits per heavy atom. The molecule has 0 aliphatic rings. The minimum atomic E-state index is -0.677. The number of unbranched alkanes of at least 4 members (excludes halogenated alkanes) is 28. The predicted molar refractivity (Wildman–Crippen MR) is 232 cm³/mol. The predicted octanol–water partition coefficient (Wildman–Crippen LogP) is 13.6. The summed E-state index contributed by atoms with van der Waals surface area (Å²) in [5.74, 6) is -0.0882. The zero-order chi connectivity index (χ0) is 39.4. The Balaban J connectivity index is 3.47. The zero-order valence-corrected chi connectivity index (χ0v) is 36.0. The van der Waals surface area contributed by atoms with E-state index in [1.54, 1.807) is 0 Å². The number of rotatable bonds is 43. The third kappa shape index (κ3) is 40.0. The third-order valence-corrected chi connectivity index (χ3v) is 10.8. The van der Waals surface area contributed by atoms with Gasteiger partial charge in [0.2, 0.25) is 5.91 Å². The van der Waals surface area contributed by atoms with Gasteiger partial charge in [-0.05, 0) is 57.8 Å². The molecule has 2 atom stereocenters. The van der Waals surface area contributed by atoms with Gasteiger partial charge in [0, 0.05) is 12.8 Å². The molecule has 0 saturated heterocycles. The number of amides is 1. The van der Waals surface area contributed by atoms with Gasteiger partial charge in [0.05, 0.1) is 25.4 Å². The number of allylic oxidation sites excluding steroid dienone is 4. The Kier molecular flexibility index (Phi) is 42.7. The second-order valence-corrected chi connectivity index (χ2v) is 16.1. The van der Waals surface area contributed by atoms with Gasteiger partial charge < -0.3 is 20.3 Å². The van der Waals surface area contributed by atoms with Crippen molar-refractivity contribution in [3.63, 3.8) is 0 Å². The Morgan fingerprint density at radius 3 is 1.44 bits per heavy atom. The van der Waals surface area contributed by atoms with Gasteiger partial charge >= 0.3 is 5.97 Å². The second-order valence-electron chi connectivity index (χ2n) is 16.1. The molecule has 54 heavy (non-hydrogen) atoms. The zero-order valence-electron chi connectivity index (χ0n) is 36.0. The highest BCUT2D eigenvalue weighted by molar-refractivity contribution is 5.76. The summed E-state index contributed by atoms with van der Waals surface area (Å²) in [5, 5.41) is 23.1. The van der Waals surface area contributed by atoms with Gasteiger partial charge in [-0.3, -0.25) is 9.59 Å². The topological polar surface area (TPSA) is 95.9 Å². The first-order chi connectivity index (χ1) is 26.5. The minimum Gasteiger partial charge on any atom is -0.466 e. The molecule has 0 aromatic rings. The van der Waals surface area contributed by atoms with Crippen LogP contribution in [0.15, 0.2) is 24.3 Å². The van der Waals surface area contributed by atoms with E-state index in [0.717, 1.165) is 64.2 Å². The Hall–Kier alpha value is -1.66. The van der Waals surface area contributed by atoms with Gasteiger partial charge in [-0.1, -0.05) is 199 Å². The van der Waals surface area contributed by atoms with Crippen LogP contribution in [0.4, 0.5) is 0 Å². The lowest BCUT2D eigenvalue weighted by Gasteiger charge is -2.22. The summed E-state index contributed by atoms with van der Waals surface area (Å²) in [6, 6.07) is -0.557. The summed E-state index contributed by atoms with van der Waals surface area (Å²) in [7, 11) is 0. The van der Waals surface area contributed by atoms with Crippen molar-refractivity contribution < 1.29 is 24.5 Å². The van der Waals surface area contributed by atoms with Crippen LogP contribution in [0.5, 0.6) is 0 Å². The van der Waals surface area contributed by atoms with Crippen LogP contribution < -0.4 is 5.32 Å². The van der Waals surface area contributed by atoms with E-state index >= 15 is 0 Å². The fraction of sp³-hybridized carbons (Fsp3) is 0.875. The van der Waals surface area contributed by atoms with Crippen LogP contribution in [-0.4, -0.2) is 47.4 Å². The van der Waals surface area contributed by atoms with Gasteiger partial charge in [-0.2, -0.15) is 0 Å². The number of carbonyl (C=O) groups is 2. The van der Waals surface area contributed by atoms with E-state index in [2.05, 4.69) is 43.5 Å². The van der Waals surface area contributed by atoms with E-state index in [9.17, 15) is 19.8 Å². The van der Waals surface area contributed by atoms with Crippen molar-refractivity contribution in [1.29, 1.82) is 0 Å². The second kappa shape index (κ2) is 44.1. The molecule has 0 aliphatic heterocycles. The van der Waals surface area contributed by atoms with Crippen molar-refractivity contribution in [2.75, 3.05) is 13.2 Å². The lowest BCUT2D eigenvalue weighted by Crippen LogP contribution is -2.45. The number of carbonyl (C=O) groups excluding carboxylic acids is 2. The van der Waals surface area contributed by atoms with Crippen molar-refractivity contribution in [2.24, 2.45) is 0 Å². The molecule has 0 heterocycles. The number of nitrogens with one attached hydrogen (secondary N) is 1. The number of aliphatic hydroxyl groups is 2. The average molecular weight is 762 g/mol. The van der Waals surface area contributed by atoms with Crippen LogP contribution in [0.1, 0.15) is 245 Å². The van der Waals surface area contributed by atoms with Crippen LogP contribution in [0.25, 0.3) is 0 Å². The molecule has 0 aliphatic carbocycles. The number of esters is 1. The number of hydrogen-bond donors (Lipinski definition) is 3. The molecule has 0 aromatic carbocycles. The molecular formula is C48H91NO5. The number of ether oxygens (including phenoxy) is 1. The number of hydrogen-bond acceptors (Lipinski definition) is 5. The van der Waals surface area contributed by atoms with Crippen molar-refractivity contribution in [3.8, 4) is 0 Å². The molecule has 0 radical (unpaired) electrons. The largest absolute Gasteiger partial charge is 0.466 e. The first-order valence-corrected chi connectivity index (χ1v) is 23.6. The maximum atomic E-state index is 12.4. The highest BCUT2D eigenvalue weighted by atomic mass is 16.5. The van der Waals surface area contributed by atoms with E-state index in [-0.39, 0.29) is 18.5 Å². The van der Waals surface area contributed by atoms with E-state index in [1.807, 2.05) is 0 Å². The van der Waals surface area contributed by atoms with Gasteiger partial charge in [0.1, 0.15) is 0 Å². The quantitative estimate of drug-likeness (QED) is 0.0327. The van der Waals surface area contributed by atoms with Gasteiger partial charge in [0.15, 0.2) is 0 Å². The molecule has 0 fully saturated rings. The summed E-state index contributed by atoms with van der Waals surface area (Å²) in [6.45, 7) is 4.85. The summed E-state index contributed by atoms with van der Waals surface area (Å²) in [5.41, 5.74) is 0. The molecule has 0 bridgehead atoms. The molecule has 318 valence electrons. The molecule has 1 amide bonds. The molecule has 0 saturated carbocycles. The Bertz CT molecular complexity index is 843. The van der Waals surface area contributed by atoms with Crippen molar-refractivity contribution in [3.05, 3.63) is 24.3 Å². The molecule has 6 heteroatoms. The van der Waals surface area contributed by atoms with E-state index < -0.39 is 12.1 Å². The fourth-order valence-electron chi connectivity index (χ4n) is 7.08. The maximum absolute atomic E-state index is 12.4. The summed E-state index contributed by atoms with van der Waals surface area (Å²) in [6.07, 6.45) is 49.9. The standard InChI is InChI=1S/C48H91NO5/c1-3-5-7-9-11-13-15-16-17-18-19-20-21-26-30-34-38-42-48(53)54-43-39-35-31-27-23-22-25-29-33-37-41-47(52)49-45(44-50)46(51)40-36-32-28-24-14-12-10-8-6-4-2/h11,13,16-17,45-46,50-51H,3-10,12,14-15,18-44H2,1-2H3,(H,49,52)/b13-11-,17-16-. The Labute approximate surface area is 335 Å². The number of aliphatic hydroxyl groups excluding tert-OH is 2. The summed E-state index contributed by atoms with van der Waals surface area (Å²) in [4.78, 5) is 24.4. The van der Waals surface area contributed by atoms with Crippen LogP contribution in [-0.2, 0) is 14.3 Å². The van der Waals surface area contributed by atoms with Crippen LogP contribution in [0, 0.1) is 0 Å². The molecule has 0 aromatic heterocycles. The van der Waals surface area contributed by atoms with Gasteiger partial charge in [-0.15, -0.1) is 0 Å². The normalized spacial score (nSPS) is 12.9. The summed E-state index contributed by atoms with van der Waals surface area (Å²) >= 11 is 0. The molecule has 0 spiro atoms. The Morgan fingerprint density at radius 1 is 0.519 bits per heavy atom. The lowest BCUT2D eigenvalue weighted by atomic mass is 10.0. The van der Waals surface area contributed by atoms with E-state index in [0.29, 0.717) is 25.9 Å². The maximum Gasteiger partial charge on any atom is 0.305 e. The van der Waals surface area contributed by atoms with Crippen molar-refractivity contribution >= 4 is 11.9 Å².